The maximum atomic E-state index is 11.5. The average Bonchev–Trinajstić information content (AvgIpc) is 3.25. The maximum Gasteiger partial charge on any atom is 0.164 e. The Kier molecular flexibility index (Phi) is 4.63. The van der Waals surface area contributed by atoms with Crippen molar-refractivity contribution in [2.45, 2.75) is 50.7 Å². The van der Waals surface area contributed by atoms with E-state index in [-0.39, 0.29) is 12.0 Å². The molecular formula is C27H28O6. The molecule has 1 aromatic heterocycles. The molecule has 6 nitrogen and oxygen atoms in total. The summed E-state index contributed by atoms with van der Waals surface area (Å²) in [7, 11) is 3.21. The molecular weight excluding hydrogens is 420 g/mol. The SMILES string of the molecule is COc1cc2c(cc1OC)[C@H]1[C@H](O)c3ccc4c(c3O[C@@H]1CO2)Cc1cc(C(C)C)oc1C4. The first-order valence-corrected chi connectivity index (χ1v) is 11.5. The van der Waals surface area contributed by atoms with Crippen LogP contribution < -0.4 is 18.9 Å². The number of hydrogen-bond donors (Lipinski definition) is 1. The van der Waals surface area contributed by atoms with Gasteiger partial charge in [0.2, 0.25) is 0 Å². The van der Waals surface area contributed by atoms with E-state index in [1.54, 1.807) is 14.2 Å². The third-order valence-electron chi connectivity index (χ3n) is 7.20. The highest BCUT2D eigenvalue weighted by atomic mass is 16.5. The topological polar surface area (TPSA) is 70.3 Å². The summed E-state index contributed by atoms with van der Waals surface area (Å²) < 4.78 is 29.7. The average molecular weight is 449 g/mol. The largest absolute Gasteiger partial charge is 0.493 e. The highest BCUT2D eigenvalue weighted by molar-refractivity contribution is 5.58. The van der Waals surface area contributed by atoms with Crippen LogP contribution in [0.1, 0.15) is 71.1 Å². The lowest BCUT2D eigenvalue weighted by Gasteiger charge is -2.42. The number of aliphatic hydroxyl groups is 1. The lowest BCUT2D eigenvalue weighted by molar-refractivity contribution is 0.000661. The van der Waals surface area contributed by atoms with E-state index in [1.807, 2.05) is 18.2 Å². The number of ether oxygens (including phenoxy) is 4. The minimum atomic E-state index is -0.707. The first-order valence-electron chi connectivity index (χ1n) is 11.5. The summed E-state index contributed by atoms with van der Waals surface area (Å²) in [4.78, 5) is 0. The van der Waals surface area contributed by atoms with Gasteiger partial charge in [-0.3, -0.25) is 0 Å². The first-order chi connectivity index (χ1) is 16.0. The van der Waals surface area contributed by atoms with Crippen LogP contribution in [0.25, 0.3) is 0 Å². The second kappa shape index (κ2) is 7.45. The quantitative estimate of drug-likeness (QED) is 0.481. The summed E-state index contributed by atoms with van der Waals surface area (Å²) in [5.74, 6) is 4.86. The fourth-order valence-corrected chi connectivity index (χ4v) is 5.42. The third kappa shape index (κ3) is 3.04. The van der Waals surface area contributed by atoms with Gasteiger partial charge < -0.3 is 28.5 Å². The molecule has 0 unspecified atom stereocenters. The Morgan fingerprint density at radius 3 is 2.52 bits per heavy atom. The van der Waals surface area contributed by atoms with Gasteiger partial charge in [-0.05, 0) is 23.3 Å². The van der Waals surface area contributed by atoms with E-state index in [0.717, 1.165) is 46.8 Å². The van der Waals surface area contributed by atoms with E-state index in [0.29, 0.717) is 29.8 Å². The van der Waals surface area contributed by atoms with Crippen LogP contribution in [0.3, 0.4) is 0 Å². The monoisotopic (exact) mass is 448 g/mol. The van der Waals surface area contributed by atoms with Gasteiger partial charge >= 0.3 is 0 Å². The molecule has 172 valence electrons. The number of methoxy groups -OCH3 is 2. The van der Waals surface area contributed by atoms with E-state index in [2.05, 4.69) is 26.0 Å². The van der Waals surface area contributed by atoms with Crippen LogP contribution in [0.5, 0.6) is 23.0 Å². The van der Waals surface area contributed by atoms with Crippen LogP contribution in [-0.4, -0.2) is 32.0 Å². The second-order valence-electron chi connectivity index (χ2n) is 9.41. The van der Waals surface area contributed by atoms with E-state index in [1.165, 1.54) is 11.1 Å². The molecule has 0 amide bonds. The molecule has 33 heavy (non-hydrogen) atoms. The van der Waals surface area contributed by atoms with E-state index in [4.69, 9.17) is 23.4 Å². The number of benzene rings is 2. The van der Waals surface area contributed by atoms with Gasteiger partial charge in [-0.2, -0.15) is 0 Å². The Balaban J connectivity index is 1.40. The molecule has 0 fully saturated rings. The van der Waals surface area contributed by atoms with Gasteiger partial charge in [0, 0.05) is 41.5 Å². The van der Waals surface area contributed by atoms with Gasteiger partial charge in [0.05, 0.1) is 26.2 Å². The summed E-state index contributed by atoms with van der Waals surface area (Å²) in [6.07, 6.45) is 0.494. The maximum absolute atomic E-state index is 11.5. The van der Waals surface area contributed by atoms with Crippen molar-refractivity contribution in [2.24, 2.45) is 0 Å². The summed E-state index contributed by atoms with van der Waals surface area (Å²) in [6, 6.07) is 10.0. The van der Waals surface area contributed by atoms with Crippen molar-refractivity contribution in [1.82, 2.24) is 0 Å². The van der Waals surface area contributed by atoms with Crippen molar-refractivity contribution in [3.8, 4) is 23.0 Å². The molecule has 0 bridgehead atoms. The van der Waals surface area contributed by atoms with Gasteiger partial charge in [-0.15, -0.1) is 0 Å². The summed E-state index contributed by atoms with van der Waals surface area (Å²) in [5, 5.41) is 11.5. The Morgan fingerprint density at radius 2 is 1.76 bits per heavy atom. The number of hydrogen-bond acceptors (Lipinski definition) is 6. The number of furan rings is 1. The smallest absolute Gasteiger partial charge is 0.164 e. The number of fused-ring (bicyclic) bond motifs is 7. The molecule has 2 aromatic carbocycles. The summed E-state index contributed by atoms with van der Waals surface area (Å²) in [6.45, 7) is 4.65. The third-order valence-corrected chi connectivity index (χ3v) is 7.20. The molecule has 0 spiro atoms. The molecule has 0 saturated carbocycles. The van der Waals surface area contributed by atoms with Gasteiger partial charge in [0.25, 0.3) is 0 Å². The van der Waals surface area contributed by atoms with Crippen LogP contribution in [0.15, 0.2) is 34.7 Å². The van der Waals surface area contributed by atoms with E-state index >= 15 is 0 Å². The molecule has 0 radical (unpaired) electrons. The second-order valence-corrected chi connectivity index (χ2v) is 9.41. The number of rotatable bonds is 3. The van der Waals surface area contributed by atoms with Crippen molar-refractivity contribution in [2.75, 3.05) is 20.8 Å². The fourth-order valence-electron chi connectivity index (χ4n) is 5.42. The molecule has 3 aliphatic rings. The van der Waals surface area contributed by atoms with Gasteiger partial charge in [0.1, 0.15) is 35.7 Å². The zero-order valence-electron chi connectivity index (χ0n) is 19.3. The van der Waals surface area contributed by atoms with Crippen LogP contribution in [0, 0.1) is 0 Å². The lowest BCUT2D eigenvalue weighted by Crippen LogP contribution is -2.42. The molecule has 3 atom stereocenters. The van der Waals surface area contributed by atoms with E-state index in [9.17, 15) is 5.11 Å². The molecule has 6 rings (SSSR count). The minimum absolute atomic E-state index is 0.250. The highest BCUT2D eigenvalue weighted by Gasteiger charge is 2.45. The molecule has 3 aromatic rings. The van der Waals surface area contributed by atoms with Gasteiger partial charge in [-0.25, -0.2) is 0 Å². The standard InChI is InChI=1S/C27H28O6/c1-13(2)19-9-15-7-17-14(8-20(15)32-19)5-6-16-26(28)25-18-10-22(29-3)23(30-4)11-21(18)31-12-24(25)33-27(16)17/h5-6,9-11,13,24-26,28H,7-8,12H2,1-4H3/t24-,25-,26-/m1/s1. The lowest BCUT2D eigenvalue weighted by atomic mass is 9.78. The first kappa shape index (κ1) is 20.5. The zero-order chi connectivity index (χ0) is 22.9. The molecule has 3 heterocycles. The molecule has 0 saturated heterocycles. The molecule has 1 aliphatic carbocycles. The van der Waals surface area contributed by atoms with Crippen LogP contribution in [0.4, 0.5) is 0 Å². The van der Waals surface area contributed by atoms with Crippen LogP contribution >= 0.6 is 0 Å². The minimum Gasteiger partial charge on any atom is -0.493 e. The van der Waals surface area contributed by atoms with Crippen molar-refractivity contribution in [3.05, 3.63) is 69.7 Å². The normalized spacial score (nSPS) is 22.2. The summed E-state index contributed by atoms with van der Waals surface area (Å²) in [5.41, 5.74) is 5.25. The van der Waals surface area contributed by atoms with Crippen molar-refractivity contribution >= 4 is 0 Å². The fraction of sp³-hybridized carbons (Fsp3) is 0.407. The predicted octanol–water partition coefficient (Wildman–Crippen LogP) is 4.89. The van der Waals surface area contributed by atoms with Crippen LogP contribution in [-0.2, 0) is 12.8 Å². The Labute approximate surface area is 193 Å². The molecule has 1 N–H and O–H groups in total. The Bertz CT molecular complexity index is 1240. The zero-order valence-corrected chi connectivity index (χ0v) is 19.3. The molecule has 6 heteroatoms. The highest BCUT2D eigenvalue weighted by Crippen LogP contribution is 2.53. The van der Waals surface area contributed by atoms with Crippen LogP contribution in [0.2, 0.25) is 0 Å². The predicted molar refractivity (Wildman–Crippen MR) is 122 cm³/mol. The van der Waals surface area contributed by atoms with Crippen molar-refractivity contribution in [1.29, 1.82) is 0 Å². The number of aliphatic hydroxyl groups excluding tert-OH is 1. The Morgan fingerprint density at radius 1 is 0.970 bits per heavy atom. The van der Waals surface area contributed by atoms with Gasteiger partial charge in [0.15, 0.2) is 11.5 Å². The van der Waals surface area contributed by atoms with E-state index < -0.39 is 6.10 Å². The molecule has 2 aliphatic heterocycles. The summed E-state index contributed by atoms with van der Waals surface area (Å²) >= 11 is 0. The Hall–Kier alpha value is -3.12. The van der Waals surface area contributed by atoms with Crippen molar-refractivity contribution < 1.29 is 28.5 Å². The van der Waals surface area contributed by atoms with Crippen molar-refractivity contribution in [3.63, 3.8) is 0 Å². The van der Waals surface area contributed by atoms with Gasteiger partial charge in [-0.1, -0.05) is 26.0 Å².